The molecule has 1 nitrogen and oxygen atoms in total. The molecular weight excluding hydrogens is 230 g/mol. The van der Waals surface area contributed by atoms with Gasteiger partial charge in [0.25, 0.3) is 0 Å². The molecule has 0 aliphatic carbocycles. The summed E-state index contributed by atoms with van der Waals surface area (Å²) in [6.07, 6.45) is 6.62. The highest BCUT2D eigenvalue weighted by molar-refractivity contribution is 6.31. The molecule has 0 bridgehead atoms. The van der Waals surface area contributed by atoms with Crippen LogP contribution < -0.4 is 5.32 Å². The Morgan fingerprint density at radius 1 is 1.12 bits per heavy atom. The van der Waals surface area contributed by atoms with Crippen molar-refractivity contribution in [1.29, 1.82) is 0 Å². The first-order valence-electron chi connectivity index (χ1n) is 6.73. The minimum atomic E-state index is 0.342. The predicted octanol–water partition coefficient (Wildman–Crippen LogP) is 4.96. The molecule has 0 saturated heterocycles. The Morgan fingerprint density at radius 3 is 2.53 bits per heavy atom. The molecule has 0 spiro atoms. The maximum atomic E-state index is 6.16. The Bertz CT molecular complexity index is 312. The van der Waals surface area contributed by atoms with Crippen LogP contribution in [0.4, 0.5) is 0 Å². The molecule has 1 aromatic rings. The number of hydrogen-bond donors (Lipinski definition) is 1. The van der Waals surface area contributed by atoms with Crippen molar-refractivity contribution >= 4 is 11.6 Å². The molecule has 1 N–H and O–H groups in total. The average molecular weight is 254 g/mol. The summed E-state index contributed by atoms with van der Waals surface area (Å²) in [5.74, 6) is 0. The first kappa shape index (κ1) is 14.5. The van der Waals surface area contributed by atoms with Crippen LogP contribution in [-0.4, -0.2) is 6.54 Å². The lowest BCUT2D eigenvalue weighted by Gasteiger charge is -2.15. The molecule has 1 aromatic carbocycles. The van der Waals surface area contributed by atoms with E-state index in [2.05, 4.69) is 25.2 Å². The molecule has 1 atom stereocenters. The Kier molecular flexibility index (Phi) is 7.30. The summed E-state index contributed by atoms with van der Waals surface area (Å²) in [6.45, 7) is 5.50. The Morgan fingerprint density at radius 2 is 1.82 bits per heavy atom. The molecule has 0 saturated carbocycles. The summed E-state index contributed by atoms with van der Waals surface area (Å²) >= 11 is 6.16. The molecule has 0 unspecified atom stereocenters. The highest BCUT2D eigenvalue weighted by Crippen LogP contribution is 2.21. The second-order valence-corrected chi connectivity index (χ2v) is 5.02. The van der Waals surface area contributed by atoms with E-state index in [1.54, 1.807) is 0 Å². The van der Waals surface area contributed by atoms with E-state index in [1.807, 2.05) is 18.2 Å². The van der Waals surface area contributed by atoms with Gasteiger partial charge < -0.3 is 5.32 Å². The van der Waals surface area contributed by atoms with Crippen molar-refractivity contribution in [2.45, 2.75) is 52.0 Å². The number of unbranched alkanes of at least 4 members (excludes halogenated alkanes) is 4. The van der Waals surface area contributed by atoms with Crippen molar-refractivity contribution in [3.63, 3.8) is 0 Å². The molecule has 0 heterocycles. The van der Waals surface area contributed by atoms with E-state index in [1.165, 1.54) is 37.7 Å². The lowest BCUT2D eigenvalue weighted by atomic mass is 10.1. The summed E-state index contributed by atoms with van der Waals surface area (Å²) < 4.78 is 0. The molecule has 0 aromatic heterocycles. The van der Waals surface area contributed by atoms with Gasteiger partial charge in [0.2, 0.25) is 0 Å². The van der Waals surface area contributed by atoms with Crippen LogP contribution in [0, 0.1) is 0 Å². The molecule has 96 valence electrons. The summed E-state index contributed by atoms with van der Waals surface area (Å²) in [6, 6.07) is 8.41. The zero-order valence-electron chi connectivity index (χ0n) is 11.0. The third-order valence-corrected chi connectivity index (χ3v) is 3.45. The topological polar surface area (TPSA) is 12.0 Å². The van der Waals surface area contributed by atoms with Gasteiger partial charge >= 0.3 is 0 Å². The van der Waals surface area contributed by atoms with Gasteiger partial charge in [-0.2, -0.15) is 0 Å². The van der Waals surface area contributed by atoms with Crippen molar-refractivity contribution in [3.05, 3.63) is 34.9 Å². The maximum absolute atomic E-state index is 6.16. The number of benzene rings is 1. The quantitative estimate of drug-likeness (QED) is 0.646. The molecule has 0 aliphatic rings. The van der Waals surface area contributed by atoms with Crippen LogP contribution >= 0.6 is 11.6 Å². The van der Waals surface area contributed by atoms with Gasteiger partial charge in [0.15, 0.2) is 0 Å². The molecule has 2 heteroatoms. The van der Waals surface area contributed by atoms with Gasteiger partial charge in [0.05, 0.1) is 0 Å². The van der Waals surface area contributed by atoms with Crippen LogP contribution in [0.15, 0.2) is 24.3 Å². The first-order valence-corrected chi connectivity index (χ1v) is 7.11. The fourth-order valence-electron chi connectivity index (χ4n) is 1.98. The Hall–Kier alpha value is -0.530. The molecule has 0 radical (unpaired) electrons. The van der Waals surface area contributed by atoms with E-state index in [0.717, 1.165) is 11.6 Å². The number of hydrogen-bond acceptors (Lipinski definition) is 1. The number of rotatable bonds is 8. The molecule has 0 aliphatic heterocycles. The smallest absolute Gasteiger partial charge is 0.0453 e. The molecule has 0 fully saturated rings. The second-order valence-electron chi connectivity index (χ2n) is 4.61. The van der Waals surface area contributed by atoms with Crippen LogP contribution in [0.25, 0.3) is 0 Å². The summed E-state index contributed by atoms with van der Waals surface area (Å²) in [4.78, 5) is 0. The third kappa shape index (κ3) is 5.56. The first-order chi connectivity index (χ1) is 8.25. The van der Waals surface area contributed by atoms with E-state index in [4.69, 9.17) is 11.6 Å². The van der Waals surface area contributed by atoms with Crippen molar-refractivity contribution in [3.8, 4) is 0 Å². The van der Waals surface area contributed by atoms with Crippen LogP contribution in [-0.2, 0) is 0 Å². The van der Waals surface area contributed by atoms with E-state index in [9.17, 15) is 0 Å². The third-order valence-electron chi connectivity index (χ3n) is 3.10. The molecule has 1 rings (SSSR count). The lowest BCUT2D eigenvalue weighted by molar-refractivity contribution is 0.531. The highest BCUT2D eigenvalue weighted by atomic mass is 35.5. The van der Waals surface area contributed by atoms with Crippen molar-refractivity contribution in [2.75, 3.05) is 6.54 Å². The van der Waals surface area contributed by atoms with Gasteiger partial charge in [-0.3, -0.25) is 0 Å². The highest BCUT2D eigenvalue weighted by Gasteiger charge is 2.07. The Balaban J connectivity index is 2.21. The van der Waals surface area contributed by atoms with Crippen LogP contribution in [0.1, 0.15) is 57.6 Å². The van der Waals surface area contributed by atoms with Gasteiger partial charge in [0.1, 0.15) is 0 Å². The van der Waals surface area contributed by atoms with Gasteiger partial charge in [-0.25, -0.2) is 0 Å². The normalized spacial score (nSPS) is 12.6. The minimum Gasteiger partial charge on any atom is -0.310 e. The van der Waals surface area contributed by atoms with Gasteiger partial charge in [0, 0.05) is 11.1 Å². The van der Waals surface area contributed by atoms with Crippen LogP contribution in [0.2, 0.25) is 5.02 Å². The summed E-state index contributed by atoms with van der Waals surface area (Å²) in [5.41, 5.74) is 1.20. The van der Waals surface area contributed by atoms with E-state index >= 15 is 0 Å². The van der Waals surface area contributed by atoms with Gasteiger partial charge in [-0.05, 0) is 31.5 Å². The standard InChI is InChI=1S/C15H24ClN/c1-3-4-5-6-9-12-17-13(2)14-10-7-8-11-15(14)16/h7-8,10-11,13,17H,3-6,9,12H2,1-2H3/t13-/m0/s1. The SMILES string of the molecule is CCCCCCCN[C@@H](C)c1ccccc1Cl. The molecule has 17 heavy (non-hydrogen) atoms. The van der Waals surface area contributed by atoms with E-state index in [-0.39, 0.29) is 0 Å². The zero-order chi connectivity index (χ0) is 12.5. The zero-order valence-corrected chi connectivity index (χ0v) is 11.8. The lowest BCUT2D eigenvalue weighted by Crippen LogP contribution is -2.20. The fraction of sp³-hybridized carbons (Fsp3) is 0.600. The molecular formula is C15H24ClN. The van der Waals surface area contributed by atoms with Crippen molar-refractivity contribution in [2.24, 2.45) is 0 Å². The second kappa shape index (κ2) is 8.54. The van der Waals surface area contributed by atoms with Gasteiger partial charge in [-0.15, -0.1) is 0 Å². The maximum Gasteiger partial charge on any atom is 0.0453 e. The fourth-order valence-corrected chi connectivity index (χ4v) is 2.28. The Labute approximate surface area is 111 Å². The van der Waals surface area contributed by atoms with Crippen molar-refractivity contribution < 1.29 is 0 Å². The average Bonchev–Trinajstić information content (AvgIpc) is 2.34. The van der Waals surface area contributed by atoms with Crippen LogP contribution in [0.3, 0.4) is 0 Å². The molecule has 0 amide bonds. The summed E-state index contributed by atoms with van der Waals surface area (Å²) in [7, 11) is 0. The minimum absolute atomic E-state index is 0.342. The van der Waals surface area contributed by atoms with Crippen molar-refractivity contribution in [1.82, 2.24) is 5.32 Å². The predicted molar refractivity (Wildman–Crippen MR) is 76.6 cm³/mol. The largest absolute Gasteiger partial charge is 0.310 e. The van der Waals surface area contributed by atoms with E-state index in [0.29, 0.717) is 6.04 Å². The van der Waals surface area contributed by atoms with E-state index < -0.39 is 0 Å². The van der Waals surface area contributed by atoms with Crippen LogP contribution in [0.5, 0.6) is 0 Å². The monoisotopic (exact) mass is 253 g/mol. The number of nitrogens with one attached hydrogen (secondary N) is 1. The summed E-state index contributed by atoms with van der Waals surface area (Å²) in [5, 5.41) is 4.39. The van der Waals surface area contributed by atoms with Gasteiger partial charge in [-0.1, -0.05) is 62.4 Å². The number of halogens is 1.